The van der Waals surface area contributed by atoms with Crippen LogP contribution in [0.1, 0.15) is 10.4 Å². The molecule has 0 fully saturated rings. The zero-order valence-corrected chi connectivity index (χ0v) is 10.5. The molecule has 0 aliphatic heterocycles. The second kappa shape index (κ2) is 6.02. The number of carbonyl (C=O) groups is 1. The molecule has 3 nitrogen and oxygen atoms in total. The number of hydrogen-bond acceptors (Lipinski definition) is 2. The maximum absolute atomic E-state index is 12.8. The highest BCUT2D eigenvalue weighted by molar-refractivity contribution is 14.1. The molecular formula is C10H12FIN2O. The predicted octanol–water partition coefficient (Wildman–Crippen LogP) is 1.38. The van der Waals surface area contributed by atoms with Crippen molar-refractivity contribution in [3.63, 3.8) is 0 Å². The van der Waals surface area contributed by atoms with E-state index in [-0.39, 0.29) is 11.7 Å². The number of likely N-dealkylation sites (N-methyl/N-ethyl adjacent to an activating group) is 1. The van der Waals surface area contributed by atoms with Crippen LogP contribution < -0.4 is 10.6 Å². The third kappa shape index (κ3) is 3.75. The Morgan fingerprint density at radius 1 is 1.47 bits per heavy atom. The summed E-state index contributed by atoms with van der Waals surface area (Å²) in [6, 6.07) is 4.12. The highest BCUT2D eigenvalue weighted by Crippen LogP contribution is 2.13. The van der Waals surface area contributed by atoms with Crippen molar-refractivity contribution in [1.82, 2.24) is 10.6 Å². The molecule has 1 amide bonds. The van der Waals surface area contributed by atoms with E-state index in [1.165, 1.54) is 18.2 Å². The first kappa shape index (κ1) is 12.4. The summed E-state index contributed by atoms with van der Waals surface area (Å²) in [6.07, 6.45) is 0. The Labute approximate surface area is 102 Å². The standard InChI is InChI=1S/C10H12FIN2O/c1-13-4-5-14-10(15)8-3-2-7(11)6-9(8)12/h2-3,6,13H,4-5H2,1H3,(H,14,15). The Hall–Kier alpha value is -0.690. The largest absolute Gasteiger partial charge is 0.351 e. The predicted molar refractivity (Wildman–Crippen MR) is 65.4 cm³/mol. The minimum Gasteiger partial charge on any atom is -0.351 e. The van der Waals surface area contributed by atoms with Gasteiger partial charge in [0.2, 0.25) is 0 Å². The lowest BCUT2D eigenvalue weighted by atomic mass is 10.2. The molecule has 0 heterocycles. The summed E-state index contributed by atoms with van der Waals surface area (Å²) in [4.78, 5) is 11.6. The van der Waals surface area contributed by atoms with E-state index in [4.69, 9.17) is 0 Å². The van der Waals surface area contributed by atoms with Crippen molar-refractivity contribution in [1.29, 1.82) is 0 Å². The van der Waals surface area contributed by atoms with E-state index in [1.54, 1.807) is 0 Å². The molecule has 0 aliphatic rings. The van der Waals surface area contributed by atoms with Crippen LogP contribution in [0.3, 0.4) is 0 Å². The second-order valence-electron chi connectivity index (χ2n) is 2.98. The Morgan fingerprint density at radius 3 is 2.80 bits per heavy atom. The fraction of sp³-hybridized carbons (Fsp3) is 0.300. The molecule has 0 saturated heterocycles. The average Bonchev–Trinajstić information content (AvgIpc) is 2.17. The molecule has 1 aromatic rings. The molecule has 2 N–H and O–H groups in total. The van der Waals surface area contributed by atoms with Gasteiger partial charge in [-0.05, 0) is 47.8 Å². The lowest BCUT2D eigenvalue weighted by molar-refractivity contribution is 0.0953. The van der Waals surface area contributed by atoms with Crippen LogP contribution in [0.15, 0.2) is 18.2 Å². The third-order valence-corrected chi connectivity index (χ3v) is 2.73. The van der Waals surface area contributed by atoms with Gasteiger partial charge in [0.15, 0.2) is 0 Å². The number of rotatable bonds is 4. The number of carbonyl (C=O) groups excluding carboxylic acids is 1. The van der Waals surface area contributed by atoms with Gasteiger partial charge in [0.05, 0.1) is 5.56 Å². The summed E-state index contributed by atoms with van der Waals surface area (Å²) < 4.78 is 13.4. The number of benzene rings is 1. The molecule has 1 rings (SSSR count). The van der Waals surface area contributed by atoms with Gasteiger partial charge >= 0.3 is 0 Å². The zero-order valence-electron chi connectivity index (χ0n) is 8.31. The topological polar surface area (TPSA) is 41.1 Å². The zero-order chi connectivity index (χ0) is 11.3. The summed E-state index contributed by atoms with van der Waals surface area (Å²) >= 11 is 1.95. The first-order chi connectivity index (χ1) is 7.15. The van der Waals surface area contributed by atoms with E-state index < -0.39 is 0 Å². The van der Waals surface area contributed by atoms with Gasteiger partial charge in [-0.15, -0.1) is 0 Å². The summed E-state index contributed by atoms with van der Waals surface area (Å²) in [6.45, 7) is 1.27. The Balaban J connectivity index is 2.65. The molecule has 0 spiro atoms. The van der Waals surface area contributed by atoms with Gasteiger partial charge in [0.25, 0.3) is 5.91 Å². The van der Waals surface area contributed by atoms with Crippen LogP contribution in [0.25, 0.3) is 0 Å². The van der Waals surface area contributed by atoms with Crippen LogP contribution in [0.2, 0.25) is 0 Å². The fourth-order valence-corrected chi connectivity index (χ4v) is 1.79. The maximum Gasteiger partial charge on any atom is 0.252 e. The minimum atomic E-state index is -0.328. The molecule has 0 aliphatic carbocycles. The Kier molecular flexibility index (Phi) is 4.97. The second-order valence-corrected chi connectivity index (χ2v) is 4.15. The van der Waals surface area contributed by atoms with Crippen LogP contribution in [-0.2, 0) is 0 Å². The molecule has 0 unspecified atom stereocenters. The molecule has 82 valence electrons. The first-order valence-electron chi connectivity index (χ1n) is 4.53. The number of hydrogen-bond donors (Lipinski definition) is 2. The molecule has 15 heavy (non-hydrogen) atoms. The van der Waals surface area contributed by atoms with Crippen LogP contribution in [0, 0.1) is 9.39 Å². The van der Waals surface area contributed by atoms with Crippen molar-refractivity contribution in [2.45, 2.75) is 0 Å². The van der Waals surface area contributed by atoms with E-state index in [2.05, 4.69) is 10.6 Å². The fourth-order valence-electron chi connectivity index (χ4n) is 1.07. The highest BCUT2D eigenvalue weighted by atomic mass is 127. The molecule has 0 bridgehead atoms. The minimum absolute atomic E-state index is 0.172. The van der Waals surface area contributed by atoms with Crippen molar-refractivity contribution in [2.24, 2.45) is 0 Å². The average molecular weight is 322 g/mol. The van der Waals surface area contributed by atoms with E-state index >= 15 is 0 Å². The molecule has 0 radical (unpaired) electrons. The molecule has 0 saturated carbocycles. The number of nitrogens with one attached hydrogen (secondary N) is 2. The van der Waals surface area contributed by atoms with E-state index in [9.17, 15) is 9.18 Å². The molecule has 0 aromatic heterocycles. The lowest BCUT2D eigenvalue weighted by Gasteiger charge is -2.06. The van der Waals surface area contributed by atoms with Gasteiger partial charge in [0.1, 0.15) is 5.82 Å². The monoisotopic (exact) mass is 322 g/mol. The molecule has 5 heteroatoms. The number of amides is 1. The van der Waals surface area contributed by atoms with E-state index in [1.807, 2.05) is 29.6 Å². The van der Waals surface area contributed by atoms with Gasteiger partial charge in [-0.2, -0.15) is 0 Å². The summed E-state index contributed by atoms with van der Waals surface area (Å²) in [7, 11) is 1.81. The van der Waals surface area contributed by atoms with E-state index in [0.717, 1.165) is 0 Å². The highest BCUT2D eigenvalue weighted by Gasteiger charge is 2.09. The van der Waals surface area contributed by atoms with Crippen molar-refractivity contribution >= 4 is 28.5 Å². The quantitative estimate of drug-likeness (QED) is 0.650. The molecule has 1 aromatic carbocycles. The molecular weight excluding hydrogens is 310 g/mol. The van der Waals surface area contributed by atoms with Crippen molar-refractivity contribution < 1.29 is 9.18 Å². The Morgan fingerprint density at radius 2 is 2.20 bits per heavy atom. The first-order valence-corrected chi connectivity index (χ1v) is 5.61. The van der Waals surface area contributed by atoms with Crippen molar-refractivity contribution in [3.05, 3.63) is 33.1 Å². The van der Waals surface area contributed by atoms with Gasteiger partial charge < -0.3 is 10.6 Å². The number of halogens is 2. The van der Waals surface area contributed by atoms with Gasteiger partial charge in [-0.1, -0.05) is 0 Å². The van der Waals surface area contributed by atoms with Crippen LogP contribution in [0.4, 0.5) is 4.39 Å². The van der Waals surface area contributed by atoms with Crippen molar-refractivity contribution in [2.75, 3.05) is 20.1 Å². The van der Waals surface area contributed by atoms with Crippen molar-refractivity contribution in [3.8, 4) is 0 Å². The van der Waals surface area contributed by atoms with Gasteiger partial charge in [0, 0.05) is 16.7 Å². The van der Waals surface area contributed by atoms with Gasteiger partial charge in [-0.25, -0.2) is 4.39 Å². The smallest absolute Gasteiger partial charge is 0.252 e. The maximum atomic E-state index is 12.8. The summed E-state index contributed by atoms with van der Waals surface area (Å²) in [5, 5.41) is 5.65. The van der Waals surface area contributed by atoms with Crippen LogP contribution >= 0.6 is 22.6 Å². The Bertz CT molecular complexity index is 357. The van der Waals surface area contributed by atoms with E-state index in [0.29, 0.717) is 22.2 Å². The third-order valence-electron chi connectivity index (χ3n) is 1.84. The van der Waals surface area contributed by atoms with Gasteiger partial charge in [-0.3, -0.25) is 4.79 Å². The summed E-state index contributed by atoms with van der Waals surface area (Å²) in [5.41, 5.74) is 0.508. The SMILES string of the molecule is CNCCNC(=O)c1ccc(F)cc1I. The van der Waals surface area contributed by atoms with Crippen LogP contribution in [0.5, 0.6) is 0 Å². The normalized spacial score (nSPS) is 10.1. The van der Waals surface area contributed by atoms with Crippen LogP contribution in [-0.4, -0.2) is 26.0 Å². The lowest BCUT2D eigenvalue weighted by Crippen LogP contribution is -2.30. The summed E-state index contributed by atoms with van der Waals surface area (Å²) in [5.74, 6) is -0.499. The molecule has 0 atom stereocenters.